The molecule has 0 spiro atoms. The van der Waals surface area contributed by atoms with Gasteiger partial charge in [0.2, 0.25) is 5.91 Å². The quantitative estimate of drug-likeness (QED) is 0.605. The van der Waals surface area contributed by atoms with E-state index in [0.717, 1.165) is 29.5 Å². The second kappa shape index (κ2) is 7.11. The summed E-state index contributed by atoms with van der Waals surface area (Å²) in [5, 5.41) is 1.19. The van der Waals surface area contributed by atoms with Crippen LogP contribution in [0.5, 0.6) is 0 Å². The predicted molar refractivity (Wildman–Crippen MR) is 105 cm³/mol. The number of carbonyl (C=O) groups excluding carboxylic acids is 1. The van der Waals surface area contributed by atoms with Crippen molar-refractivity contribution in [1.29, 1.82) is 0 Å². The van der Waals surface area contributed by atoms with Crippen LogP contribution in [0.15, 0.2) is 9.95 Å². The van der Waals surface area contributed by atoms with Crippen molar-refractivity contribution in [2.45, 2.75) is 57.0 Å². The lowest BCUT2D eigenvalue weighted by molar-refractivity contribution is -0.127. The minimum absolute atomic E-state index is 0.0290. The van der Waals surface area contributed by atoms with E-state index in [1.165, 1.54) is 22.2 Å². The number of thiophene rings is 1. The van der Waals surface area contributed by atoms with Gasteiger partial charge in [-0.2, -0.15) is 0 Å². The fourth-order valence-corrected chi connectivity index (χ4v) is 5.89. The number of fused-ring (bicyclic) bond motifs is 3. The average Bonchev–Trinajstić information content (AvgIpc) is 2.91. The number of aromatic nitrogens is 2. The van der Waals surface area contributed by atoms with Gasteiger partial charge in [0.15, 0.2) is 5.16 Å². The Morgan fingerprint density at radius 3 is 2.84 bits per heavy atom. The summed E-state index contributed by atoms with van der Waals surface area (Å²) in [6.07, 6.45) is 3.15. The summed E-state index contributed by atoms with van der Waals surface area (Å²) in [5.41, 5.74) is 1.26. The first kappa shape index (κ1) is 18.5. The van der Waals surface area contributed by atoms with Gasteiger partial charge in [-0.05, 0) is 44.6 Å². The van der Waals surface area contributed by atoms with E-state index in [1.54, 1.807) is 34.9 Å². The molecule has 25 heavy (non-hydrogen) atoms. The maximum absolute atomic E-state index is 13.1. The van der Waals surface area contributed by atoms with Crippen molar-refractivity contribution in [3.8, 4) is 0 Å². The predicted octanol–water partition coefficient (Wildman–Crippen LogP) is 3.17. The zero-order chi connectivity index (χ0) is 18.3. The van der Waals surface area contributed by atoms with E-state index in [1.807, 2.05) is 13.8 Å². The van der Waals surface area contributed by atoms with Gasteiger partial charge in [0.05, 0.1) is 10.6 Å². The van der Waals surface area contributed by atoms with Gasteiger partial charge in [0, 0.05) is 25.5 Å². The summed E-state index contributed by atoms with van der Waals surface area (Å²) in [7, 11) is 3.49. The lowest BCUT2D eigenvalue weighted by Crippen LogP contribution is -2.31. The normalized spacial score (nSPS) is 18.2. The molecule has 2 heterocycles. The Balaban J connectivity index is 2.08. The van der Waals surface area contributed by atoms with Gasteiger partial charge in [0.25, 0.3) is 5.56 Å². The SMILES string of the molecule is CCn1c(S[C@@H](C)C(=O)N(C)C)nc2sc3c(c2c1=O)CC[C@@H](C)C3. The van der Waals surface area contributed by atoms with Gasteiger partial charge in [-0.15, -0.1) is 11.3 Å². The Morgan fingerprint density at radius 1 is 1.48 bits per heavy atom. The van der Waals surface area contributed by atoms with Gasteiger partial charge in [-0.3, -0.25) is 14.2 Å². The highest BCUT2D eigenvalue weighted by atomic mass is 32.2. The molecule has 0 saturated heterocycles. The largest absolute Gasteiger partial charge is 0.348 e. The molecule has 3 rings (SSSR count). The van der Waals surface area contributed by atoms with Crippen molar-refractivity contribution in [1.82, 2.24) is 14.5 Å². The lowest BCUT2D eigenvalue weighted by atomic mass is 9.89. The molecule has 5 nitrogen and oxygen atoms in total. The van der Waals surface area contributed by atoms with Crippen molar-refractivity contribution >= 4 is 39.2 Å². The van der Waals surface area contributed by atoms with E-state index >= 15 is 0 Å². The molecule has 1 aliphatic carbocycles. The first-order valence-corrected chi connectivity index (χ1v) is 10.5. The molecular formula is C18H25N3O2S2. The zero-order valence-electron chi connectivity index (χ0n) is 15.5. The molecule has 0 unspecified atom stereocenters. The van der Waals surface area contributed by atoms with Crippen LogP contribution in [0.2, 0.25) is 0 Å². The number of nitrogens with zero attached hydrogens (tertiary/aromatic N) is 3. The highest BCUT2D eigenvalue weighted by Crippen LogP contribution is 2.36. The fourth-order valence-electron chi connectivity index (χ4n) is 3.35. The van der Waals surface area contributed by atoms with E-state index in [4.69, 9.17) is 4.98 Å². The number of aryl methyl sites for hydroxylation is 1. The first-order chi connectivity index (χ1) is 11.8. The third-order valence-electron chi connectivity index (χ3n) is 4.77. The lowest BCUT2D eigenvalue weighted by Gasteiger charge is -2.18. The second-order valence-electron chi connectivity index (χ2n) is 6.97. The van der Waals surface area contributed by atoms with Crippen LogP contribution in [0.25, 0.3) is 10.2 Å². The Bertz CT molecular complexity index is 869. The molecule has 0 bridgehead atoms. The van der Waals surface area contributed by atoms with E-state index < -0.39 is 0 Å². The Hall–Kier alpha value is -1.34. The third-order valence-corrected chi connectivity index (χ3v) is 6.99. The molecule has 1 amide bonds. The van der Waals surface area contributed by atoms with Crippen molar-refractivity contribution in [2.24, 2.45) is 5.92 Å². The summed E-state index contributed by atoms with van der Waals surface area (Å²) in [4.78, 5) is 33.8. The van der Waals surface area contributed by atoms with Crippen LogP contribution in [0.3, 0.4) is 0 Å². The molecule has 2 aromatic rings. The van der Waals surface area contributed by atoms with Gasteiger partial charge >= 0.3 is 0 Å². The third kappa shape index (κ3) is 3.36. The van der Waals surface area contributed by atoms with Crippen molar-refractivity contribution in [3.05, 3.63) is 20.8 Å². The van der Waals surface area contributed by atoms with Crippen LogP contribution in [0.1, 0.15) is 37.6 Å². The Morgan fingerprint density at radius 2 is 2.20 bits per heavy atom. The van der Waals surface area contributed by atoms with Gasteiger partial charge in [-0.1, -0.05) is 18.7 Å². The molecule has 136 valence electrons. The molecular weight excluding hydrogens is 354 g/mol. The van der Waals surface area contributed by atoms with E-state index in [0.29, 0.717) is 17.6 Å². The number of carbonyl (C=O) groups is 1. The van der Waals surface area contributed by atoms with E-state index in [-0.39, 0.29) is 16.7 Å². The monoisotopic (exact) mass is 379 g/mol. The van der Waals surface area contributed by atoms with Crippen LogP contribution in [-0.2, 0) is 24.2 Å². The van der Waals surface area contributed by atoms with E-state index in [9.17, 15) is 9.59 Å². The number of hydrogen-bond donors (Lipinski definition) is 0. The summed E-state index contributed by atoms with van der Waals surface area (Å²) in [6, 6.07) is 0. The molecule has 2 atom stereocenters. The van der Waals surface area contributed by atoms with Gasteiger partial charge < -0.3 is 4.90 Å². The molecule has 0 aromatic carbocycles. The van der Waals surface area contributed by atoms with Crippen molar-refractivity contribution in [2.75, 3.05) is 14.1 Å². The first-order valence-electron chi connectivity index (χ1n) is 8.76. The minimum Gasteiger partial charge on any atom is -0.348 e. The molecule has 7 heteroatoms. The summed E-state index contributed by atoms with van der Waals surface area (Å²) in [6.45, 7) is 6.65. The van der Waals surface area contributed by atoms with Crippen LogP contribution in [0.4, 0.5) is 0 Å². The topological polar surface area (TPSA) is 55.2 Å². The summed E-state index contributed by atoms with van der Waals surface area (Å²) in [5.74, 6) is 0.696. The molecule has 0 fully saturated rings. The highest BCUT2D eigenvalue weighted by Gasteiger charge is 2.26. The number of rotatable bonds is 4. The summed E-state index contributed by atoms with van der Waals surface area (Å²) >= 11 is 3.03. The van der Waals surface area contributed by atoms with Gasteiger partial charge in [0.1, 0.15) is 4.83 Å². The van der Waals surface area contributed by atoms with Crippen molar-refractivity contribution < 1.29 is 4.79 Å². The standard InChI is InChI=1S/C18H25N3O2S2/c1-6-21-17(23)14-12-8-7-10(2)9-13(12)25-15(14)19-18(21)24-11(3)16(22)20(4)5/h10-11H,6-9H2,1-5H3/t10-,11+/m1/s1. The number of hydrogen-bond acceptors (Lipinski definition) is 5. The second-order valence-corrected chi connectivity index (χ2v) is 9.36. The Labute approximate surface area is 156 Å². The molecule has 0 aliphatic heterocycles. The average molecular weight is 380 g/mol. The van der Waals surface area contributed by atoms with E-state index in [2.05, 4.69) is 6.92 Å². The number of amides is 1. The van der Waals surface area contributed by atoms with Crippen LogP contribution < -0.4 is 5.56 Å². The smallest absolute Gasteiger partial charge is 0.263 e. The fraction of sp³-hybridized carbons (Fsp3) is 0.611. The molecule has 2 aromatic heterocycles. The van der Waals surface area contributed by atoms with Crippen molar-refractivity contribution in [3.63, 3.8) is 0 Å². The maximum atomic E-state index is 13.1. The highest BCUT2D eigenvalue weighted by molar-refractivity contribution is 8.00. The summed E-state index contributed by atoms with van der Waals surface area (Å²) < 4.78 is 1.72. The van der Waals surface area contributed by atoms with Crippen LogP contribution in [-0.4, -0.2) is 39.7 Å². The molecule has 0 saturated carbocycles. The van der Waals surface area contributed by atoms with Crippen LogP contribution >= 0.6 is 23.1 Å². The minimum atomic E-state index is -0.272. The Kier molecular flexibility index (Phi) is 5.25. The van der Waals surface area contributed by atoms with Gasteiger partial charge in [-0.25, -0.2) is 4.98 Å². The molecule has 0 N–H and O–H groups in total. The van der Waals surface area contributed by atoms with Crippen LogP contribution in [0, 0.1) is 5.92 Å². The maximum Gasteiger partial charge on any atom is 0.263 e. The zero-order valence-corrected chi connectivity index (χ0v) is 17.1. The number of thioether (sulfide) groups is 1. The molecule has 0 radical (unpaired) electrons. The molecule has 1 aliphatic rings.